The normalized spacial score (nSPS) is 25.4. The monoisotopic (exact) mass is 462 g/mol. The van der Waals surface area contributed by atoms with Crippen LogP contribution >= 0.6 is 0 Å². The van der Waals surface area contributed by atoms with Crippen LogP contribution in [0.25, 0.3) is 0 Å². The third-order valence-corrected chi connectivity index (χ3v) is 6.13. The second-order valence-corrected chi connectivity index (χ2v) is 8.10. The summed E-state index contributed by atoms with van der Waals surface area (Å²) in [6.45, 7) is 6.71. The quantitative estimate of drug-likeness (QED) is 0.540. The van der Waals surface area contributed by atoms with Gasteiger partial charge in [0.1, 0.15) is 18.0 Å². The lowest BCUT2D eigenvalue weighted by Crippen LogP contribution is -2.66. The van der Waals surface area contributed by atoms with E-state index in [1.807, 2.05) is 23.8 Å². The van der Waals surface area contributed by atoms with E-state index in [1.165, 1.54) is 17.0 Å². The van der Waals surface area contributed by atoms with Gasteiger partial charge < -0.3 is 14.4 Å². The molecule has 2 fully saturated rings. The Labute approximate surface area is 192 Å². The molecular weight excluding hydrogens is 431 g/mol. The number of nitrogens with zero attached hydrogens (tertiary/aromatic N) is 5. The molecule has 3 heterocycles. The van der Waals surface area contributed by atoms with Crippen LogP contribution in [-0.4, -0.2) is 109 Å². The van der Waals surface area contributed by atoms with Gasteiger partial charge >= 0.3 is 6.03 Å². The number of nitrogens with one attached hydrogen (secondary N) is 1. The third-order valence-electron chi connectivity index (χ3n) is 6.13. The average molecular weight is 463 g/mol. The van der Waals surface area contributed by atoms with E-state index in [0.717, 1.165) is 11.3 Å². The molecule has 3 unspecified atom stereocenters. The van der Waals surface area contributed by atoms with Gasteiger partial charge in [0.15, 0.2) is 6.29 Å². The number of benzene rings is 1. The van der Waals surface area contributed by atoms with E-state index in [0.29, 0.717) is 39.5 Å². The maximum Gasteiger partial charge on any atom is 0.327 e. The van der Waals surface area contributed by atoms with Crippen molar-refractivity contribution in [2.75, 3.05) is 53.1 Å². The first kappa shape index (κ1) is 23.6. The first-order chi connectivity index (χ1) is 16.0. The van der Waals surface area contributed by atoms with Crippen LogP contribution in [0.3, 0.4) is 0 Å². The summed E-state index contributed by atoms with van der Waals surface area (Å²) in [5, 5.41) is 10.0. The van der Waals surface area contributed by atoms with E-state index in [2.05, 4.69) is 5.32 Å². The Hall–Kier alpha value is -2.60. The first-order valence-electron chi connectivity index (χ1n) is 11.3. The molecule has 1 aromatic carbocycles. The highest BCUT2D eigenvalue weighted by Gasteiger charge is 2.56. The molecular formula is C22H31FN6O4. The Bertz CT molecular complexity index is 897. The fraction of sp³-hybridized carbons (Fsp3) is 0.591. The number of fused-ring (bicyclic) bond motifs is 3. The second-order valence-electron chi connectivity index (χ2n) is 8.10. The maximum absolute atomic E-state index is 13.5. The summed E-state index contributed by atoms with van der Waals surface area (Å²) in [5.74, 6) is -0.584. The van der Waals surface area contributed by atoms with E-state index in [1.54, 1.807) is 24.1 Å². The van der Waals surface area contributed by atoms with Crippen LogP contribution in [0.1, 0.15) is 19.4 Å². The number of urea groups is 1. The number of amides is 3. The highest BCUT2D eigenvalue weighted by molar-refractivity contribution is 6.04. The van der Waals surface area contributed by atoms with E-state index >= 15 is 0 Å². The van der Waals surface area contributed by atoms with Crippen molar-refractivity contribution in [1.29, 1.82) is 0 Å². The molecule has 10 nitrogen and oxygen atoms in total. The summed E-state index contributed by atoms with van der Waals surface area (Å²) in [4.78, 5) is 31.2. The van der Waals surface area contributed by atoms with Crippen LogP contribution in [0.4, 0.5) is 9.18 Å². The highest BCUT2D eigenvalue weighted by Crippen LogP contribution is 2.31. The molecule has 1 aromatic rings. The van der Waals surface area contributed by atoms with Crippen LogP contribution < -0.4 is 5.32 Å². The van der Waals surface area contributed by atoms with Gasteiger partial charge in [-0.3, -0.25) is 20.0 Å². The Morgan fingerprint density at radius 2 is 1.76 bits per heavy atom. The van der Waals surface area contributed by atoms with Crippen molar-refractivity contribution in [1.82, 2.24) is 25.0 Å². The summed E-state index contributed by atoms with van der Waals surface area (Å²) in [5.41, 5.74) is 1.50. The minimum Gasteiger partial charge on any atom is -0.380 e. The minimum atomic E-state index is -0.583. The molecule has 3 aliphatic rings. The van der Waals surface area contributed by atoms with Crippen molar-refractivity contribution in [3.05, 3.63) is 35.6 Å². The highest BCUT2D eigenvalue weighted by atomic mass is 19.1. The van der Waals surface area contributed by atoms with Gasteiger partial charge in [0.05, 0.1) is 32.0 Å². The van der Waals surface area contributed by atoms with Crippen LogP contribution in [0, 0.1) is 5.82 Å². The van der Waals surface area contributed by atoms with Crippen LogP contribution in [-0.2, 0) is 14.3 Å². The summed E-state index contributed by atoms with van der Waals surface area (Å²) >= 11 is 0. The second kappa shape index (κ2) is 10.1. The predicted octanol–water partition coefficient (Wildman–Crippen LogP) is 0.696. The Kier molecular flexibility index (Phi) is 7.23. The number of carbonyl (C=O) groups is 2. The average Bonchev–Trinajstić information content (AvgIpc) is 3.20. The Morgan fingerprint density at radius 1 is 1.09 bits per heavy atom. The largest absolute Gasteiger partial charge is 0.380 e. The number of halogens is 1. The lowest BCUT2D eigenvalue weighted by Gasteiger charge is -2.42. The molecule has 0 bridgehead atoms. The summed E-state index contributed by atoms with van der Waals surface area (Å²) in [6, 6.07) is 5.22. The number of hydrogen-bond acceptors (Lipinski definition) is 8. The van der Waals surface area contributed by atoms with Crippen molar-refractivity contribution in [3.63, 3.8) is 0 Å². The number of rotatable bonds is 9. The molecule has 11 heteroatoms. The van der Waals surface area contributed by atoms with E-state index in [9.17, 15) is 14.0 Å². The Balaban J connectivity index is 1.62. The molecule has 2 saturated heterocycles. The molecule has 3 atom stereocenters. The van der Waals surface area contributed by atoms with Gasteiger partial charge in [0.2, 0.25) is 0 Å². The molecule has 0 spiro atoms. The zero-order chi connectivity index (χ0) is 23.5. The molecule has 4 rings (SSSR count). The SMILES string of the molecule is CCOCCN1C(=O)C2C(NC3N(CCOCC)N=C(c4ccc(F)cc4)CN23)N(C)C1=O. The fourth-order valence-electron chi connectivity index (χ4n) is 4.47. The van der Waals surface area contributed by atoms with E-state index in [4.69, 9.17) is 14.6 Å². The van der Waals surface area contributed by atoms with Gasteiger partial charge in [0, 0.05) is 26.8 Å². The summed E-state index contributed by atoms with van der Waals surface area (Å²) in [6.07, 6.45) is -0.869. The van der Waals surface area contributed by atoms with Gasteiger partial charge in [-0.05, 0) is 31.5 Å². The van der Waals surface area contributed by atoms with Gasteiger partial charge in [-0.15, -0.1) is 0 Å². The zero-order valence-corrected chi connectivity index (χ0v) is 19.2. The number of likely N-dealkylation sites (N-methyl/N-ethyl adjacent to an activating group) is 1. The predicted molar refractivity (Wildman–Crippen MR) is 119 cm³/mol. The number of hydrazone groups is 1. The smallest absolute Gasteiger partial charge is 0.327 e. The molecule has 33 heavy (non-hydrogen) atoms. The van der Waals surface area contributed by atoms with Crippen molar-refractivity contribution in [2.24, 2.45) is 5.10 Å². The molecule has 1 N–H and O–H groups in total. The molecule has 3 amide bonds. The molecule has 0 saturated carbocycles. The topological polar surface area (TPSA) is 89.9 Å². The van der Waals surface area contributed by atoms with Gasteiger partial charge in [-0.1, -0.05) is 12.1 Å². The number of carbonyl (C=O) groups excluding carboxylic acids is 2. The lowest BCUT2D eigenvalue weighted by molar-refractivity contribution is -0.139. The lowest BCUT2D eigenvalue weighted by atomic mass is 10.1. The first-order valence-corrected chi connectivity index (χ1v) is 11.3. The maximum atomic E-state index is 13.5. The van der Waals surface area contributed by atoms with Crippen molar-refractivity contribution in [3.8, 4) is 0 Å². The van der Waals surface area contributed by atoms with Gasteiger partial charge in [0.25, 0.3) is 5.91 Å². The standard InChI is InChI=1S/C22H31FN6O4/c1-4-32-12-10-27-20(30)18-19(26(3)22(27)31)24-21-28(18)14-17(15-6-8-16(23)9-7-15)25-29(21)11-13-33-5-2/h6-9,18-19,21,24H,4-5,10-14H2,1-3H3. The number of ether oxygens (including phenoxy) is 2. The van der Waals surface area contributed by atoms with Crippen molar-refractivity contribution < 1.29 is 23.5 Å². The van der Waals surface area contributed by atoms with Crippen LogP contribution in [0.15, 0.2) is 29.4 Å². The van der Waals surface area contributed by atoms with Crippen LogP contribution in [0.2, 0.25) is 0 Å². The van der Waals surface area contributed by atoms with Crippen LogP contribution in [0.5, 0.6) is 0 Å². The zero-order valence-electron chi connectivity index (χ0n) is 19.2. The fourth-order valence-corrected chi connectivity index (χ4v) is 4.47. The molecule has 0 aliphatic carbocycles. The van der Waals surface area contributed by atoms with E-state index < -0.39 is 12.2 Å². The molecule has 3 aliphatic heterocycles. The van der Waals surface area contributed by atoms with Crippen molar-refractivity contribution >= 4 is 17.6 Å². The number of hydrogen-bond donors (Lipinski definition) is 1. The summed E-state index contributed by atoms with van der Waals surface area (Å²) < 4.78 is 24.4. The molecule has 0 radical (unpaired) electrons. The minimum absolute atomic E-state index is 0.199. The number of imide groups is 1. The third kappa shape index (κ3) is 4.58. The van der Waals surface area contributed by atoms with Gasteiger partial charge in [-0.25, -0.2) is 14.1 Å². The molecule has 180 valence electrons. The van der Waals surface area contributed by atoms with Crippen molar-refractivity contribution in [2.45, 2.75) is 32.3 Å². The van der Waals surface area contributed by atoms with Gasteiger partial charge in [-0.2, -0.15) is 5.10 Å². The molecule has 0 aromatic heterocycles. The Morgan fingerprint density at radius 3 is 2.42 bits per heavy atom. The van der Waals surface area contributed by atoms with E-state index in [-0.39, 0.29) is 30.6 Å². The summed E-state index contributed by atoms with van der Waals surface area (Å²) in [7, 11) is 1.69.